The van der Waals surface area contributed by atoms with Crippen LogP contribution in [-0.2, 0) is 4.79 Å². The summed E-state index contributed by atoms with van der Waals surface area (Å²) >= 11 is 0. The number of unbranched alkanes of at least 4 members (excludes halogenated alkanes) is 5. The third-order valence-corrected chi connectivity index (χ3v) is 2.83. The van der Waals surface area contributed by atoms with Gasteiger partial charge in [0, 0.05) is 0 Å². The zero-order valence-electron chi connectivity index (χ0n) is 10.1. The Bertz CT molecular complexity index is 178. The molecule has 0 saturated heterocycles. The molecule has 0 aromatic rings. The molecule has 0 aliphatic carbocycles. The van der Waals surface area contributed by atoms with Crippen LogP contribution in [0.15, 0.2) is 0 Å². The van der Waals surface area contributed by atoms with E-state index >= 15 is 0 Å². The smallest absolute Gasteiger partial charge is 0.309 e. The van der Waals surface area contributed by atoms with Crippen molar-refractivity contribution in [2.24, 2.45) is 11.1 Å². The lowest BCUT2D eigenvalue weighted by Crippen LogP contribution is -2.23. The Kier molecular flexibility index (Phi) is 7.39. The second kappa shape index (κ2) is 7.69. The minimum atomic E-state index is -0.689. The Morgan fingerprint density at radius 2 is 1.53 bits per heavy atom. The third-order valence-electron chi connectivity index (χ3n) is 2.83. The largest absolute Gasteiger partial charge is 0.481 e. The molecule has 90 valence electrons. The molecule has 3 N–H and O–H groups in total. The summed E-state index contributed by atoms with van der Waals surface area (Å²) in [4.78, 5) is 10.8. The summed E-state index contributed by atoms with van der Waals surface area (Å²) in [6.07, 6.45) is 7.68. The van der Waals surface area contributed by atoms with Gasteiger partial charge in [0.15, 0.2) is 0 Å². The molecule has 0 amide bonds. The summed E-state index contributed by atoms with van der Waals surface area (Å²) < 4.78 is 0. The van der Waals surface area contributed by atoms with Crippen molar-refractivity contribution < 1.29 is 9.90 Å². The highest BCUT2D eigenvalue weighted by Crippen LogP contribution is 2.24. The molecule has 0 unspecified atom stereocenters. The summed E-state index contributed by atoms with van der Waals surface area (Å²) in [6.45, 7) is 4.37. The number of carboxylic acid groups (broad SMARTS) is 1. The molecule has 0 bridgehead atoms. The van der Waals surface area contributed by atoms with Gasteiger partial charge in [-0.15, -0.1) is 0 Å². The number of carbonyl (C=O) groups is 1. The number of hydrogen-bond donors (Lipinski definition) is 2. The van der Waals surface area contributed by atoms with Crippen molar-refractivity contribution in [3.8, 4) is 0 Å². The lowest BCUT2D eigenvalue weighted by Gasteiger charge is -2.18. The first-order chi connectivity index (χ1) is 7.00. The monoisotopic (exact) mass is 215 g/mol. The van der Waals surface area contributed by atoms with E-state index in [0.717, 1.165) is 32.2 Å². The quantitative estimate of drug-likeness (QED) is 0.581. The molecule has 0 fully saturated rings. The Hall–Kier alpha value is -0.570. The van der Waals surface area contributed by atoms with Crippen molar-refractivity contribution in [1.29, 1.82) is 0 Å². The highest BCUT2D eigenvalue weighted by Gasteiger charge is 2.25. The molecule has 0 heterocycles. The highest BCUT2D eigenvalue weighted by molar-refractivity contribution is 5.73. The maximum absolute atomic E-state index is 10.8. The van der Waals surface area contributed by atoms with Crippen LogP contribution in [0, 0.1) is 5.41 Å². The molecule has 0 aliphatic rings. The Morgan fingerprint density at radius 1 is 1.07 bits per heavy atom. The fraction of sp³-hybridized carbons (Fsp3) is 0.917. The van der Waals surface area contributed by atoms with Crippen molar-refractivity contribution in [3.05, 3.63) is 0 Å². The summed E-state index contributed by atoms with van der Waals surface area (Å²) in [7, 11) is 0. The van der Waals surface area contributed by atoms with Crippen molar-refractivity contribution in [2.75, 3.05) is 6.54 Å². The van der Waals surface area contributed by atoms with Gasteiger partial charge in [0.2, 0.25) is 0 Å². The van der Waals surface area contributed by atoms with E-state index < -0.39 is 11.4 Å². The van der Waals surface area contributed by atoms with Gasteiger partial charge in [-0.2, -0.15) is 0 Å². The molecular weight excluding hydrogens is 190 g/mol. The topological polar surface area (TPSA) is 63.3 Å². The van der Waals surface area contributed by atoms with Crippen molar-refractivity contribution in [2.45, 2.75) is 58.8 Å². The van der Waals surface area contributed by atoms with Crippen LogP contribution < -0.4 is 5.73 Å². The highest BCUT2D eigenvalue weighted by atomic mass is 16.4. The third kappa shape index (κ3) is 7.37. The standard InChI is InChI=1S/C12H25NO2/c1-12(2,11(14)15)9-7-5-3-4-6-8-10-13/h3-10,13H2,1-2H3,(H,14,15). The van der Waals surface area contributed by atoms with E-state index in [1.807, 2.05) is 0 Å². The Morgan fingerprint density at radius 3 is 2.00 bits per heavy atom. The summed E-state index contributed by atoms with van der Waals surface area (Å²) in [5.74, 6) is -0.689. The predicted molar refractivity (Wildman–Crippen MR) is 62.8 cm³/mol. The van der Waals surface area contributed by atoms with Gasteiger partial charge in [0.1, 0.15) is 0 Å². The van der Waals surface area contributed by atoms with Crippen LogP contribution in [0.2, 0.25) is 0 Å². The van der Waals surface area contributed by atoms with Crippen LogP contribution in [0.5, 0.6) is 0 Å². The fourth-order valence-electron chi connectivity index (χ4n) is 1.53. The van der Waals surface area contributed by atoms with Gasteiger partial charge in [0.05, 0.1) is 5.41 Å². The van der Waals surface area contributed by atoms with Gasteiger partial charge in [-0.1, -0.05) is 32.1 Å². The first-order valence-corrected chi connectivity index (χ1v) is 5.94. The fourth-order valence-corrected chi connectivity index (χ4v) is 1.53. The van der Waals surface area contributed by atoms with Crippen LogP contribution in [0.3, 0.4) is 0 Å². The van der Waals surface area contributed by atoms with Crippen LogP contribution in [0.25, 0.3) is 0 Å². The molecule has 0 aromatic carbocycles. The minimum absolute atomic E-state index is 0.558. The van der Waals surface area contributed by atoms with Crippen molar-refractivity contribution in [1.82, 2.24) is 0 Å². The summed E-state index contributed by atoms with van der Waals surface area (Å²) in [6, 6.07) is 0. The van der Waals surface area contributed by atoms with Crippen LogP contribution in [0.1, 0.15) is 58.8 Å². The molecule has 3 nitrogen and oxygen atoms in total. The van der Waals surface area contributed by atoms with Gasteiger partial charge < -0.3 is 10.8 Å². The van der Waals surface area contributed by atoms with Gasteiger partial charge in [0.25, 0.3) is 0 Å². The van der Waals surface area contributed by atoms with Gasteiger partial charge in [-0.25, -0.2) is 0 Å². The number of rotatable bonds is 9. The number of hydrogen-bond acceptors (Lipinski definition) is 2. The zero-order valence-corrected chi connectivity index (χ0v) is 10.1. The molecule has 0 atom stereocenters. The van der Waals surface area contributed by atoms with E-state index in [-0.39, 0.29) is 0 Å². The van der Waals surface area contributed by atoms with E-state index in [1.165, 1.54) is 19.3 Å². The molecule has 0 saturated carbocycles. The number of aliphatic carboxylic acids is 1. The first kappa shape index (κ1) is 14.4. The van der Waals surface area contributed by atoms with Crippen molar-refractivity contribution in [3.63, 3.8) is 0 Å². The first-order valence-electron chi connectivity index (χ1n) is 5.94. The van der Waals surface area contributed by atoms with Gasteiger partial charge in [-0.3, -0.25) is 4.79 Å². The zero-order chi connectivity index (χ0) is 11.7. The molecular formula is C12H25NO2. The van der Waals surface area contributed by atoms with Crippen LogP contribution in [0.4, 0.5) is 0 Å². The lowest BCUT2D eigenvalue weighted by molar-refractivity contribution is -0.147. The molecule has 15 heavy (non-hydrogen) atoms. The minimum Gasteiger partial charge on any atom is -0.481 e. The van der Waals surface area contributed by atoms with E-state index in [0.29, 0.717) is 0 Å². The predicted octanol–water partition coefficient (Wildman–Crippen LogP) is 2.79. The van der Waals surface area contributed by atoms with Crippen LogP contribution >= 0.6 is 0 Å². The van der Waals surface area contributed by atoms with Gasteiger partial charge in [-0.05, 0) is 33.2 Å². The number of nitrogens with two attached hydrogens (primary N) is 1. The maximum Gasteiger partial charge on any atom is 0.309 e. The average Bonchev–Trinajstić information content (AvgIpc) is 2.16. The molecule has 0 aliphatic heterocycles. The lowest BCUT2D eigenvalue weighted by atomic mass is 9.87. The average molecular weight is 215 g/mol. The number of carboxylic acids is 1. The molecule has 0 spiro atoms. The normalized spacial score (nSPS) is 11.7. The van der Waals surface area contributed by atoms with Crippen molar-refractivity contribution >= 4 is 5.97 Å². The van der Waals surface area contributed by atoms with E-state index in [4.69, 9.17) is 10.8 Å². The maximum atomic E-state index is 10.8. The van der Waals surface area contributed by atoms with E-state index in [9.17, 15) is 4.79 Å². The molecule has 0 radical (unpaired) electrons. The summed E-state index contributed by atoms with van der Waals surface area (Å²) in [5.41, 5.74) is 4.84. The Labute approximate surface area is 93.0 Å². The second-order valence-electron chi connectivity index (χ2n) is 4.85. The van der Waals surface area contributed by atoms with E-state index in [1.54, 1.807) is 13.8 Å². The van der Waals surface area contributed by atoms with Gasteiger partial charge >= 0.3 is 5.97 Å². The Balaban J connectivity index is 3.35. The molecule has 0 aromatic heterocycles. The van der Waals surface area contributed by atoms with E-state index in [2.05, 4.69) is 0 Å². The molecule has 3 heteroatoms. The van der Waals surface area contributed by atoms with Crippen LogP contribution in [-0.4, -0.2) is 17.6 Å². The molecule has 0 rings (SSSR count). The SMILES string of the molecule is CC(C)(CCCCCCCCN)C(=O)O. The second-order valence-corrected chi connectivity index (χ2v) is 4.85. The summed E-state index contributed by atoms with van der Waals surface area (Å²) in [5, 5.41) is 8.90.